The first-order chi connectivity index (χ1) is 19.7. The summed E-state index contributed by atoms with van der Waals surface area (Å²) in [6.45, 7) is 9.25. The van der Waals surface area contributed by atoms with Gasteiger partial charge in [0.05, 0.1) is 23.6 Å². The number of nitrogens with zero attached hydrogens (tertiary/aromatic N) is 2. The number of aliphatic hydroxyl groups is 1. The first-order valence-corrected chi connectivity index (χ1v) is 15.5. The number of benzene rings is 2. The van der Waals surface area contributed by atoms with E-state index >= 15 is 0 Å². The van der Waals surface area contributed by atoms with E-state index in [9.17, 15) is 23.1 Å². The number of sulfonamides is 1. The van der Waals surface area contributed by atoms with Crippen molar-refractivity contribution >= 4 is 21.8 Å². The molecule has 42 heavy (non-hydrogen) atoms. The van der Waals surface area contributed by atoms with E-state index in [1.807, 2.05) is 65.0 Å². The maximum absolute atomic E-state index is 13.9. The summed E-state index contributed by atoms with van der Waals surface area (Å²) >= 11 is 0. The lowest BCUT2D eigenvalue weighted by Gasteiger charge is -2.38. The highest BCUT2D eigenvalue weighted by Gasteiger charge is 2.37. The van der Waals surface area contributed by atoms with Crippen LogP contribution in [0.3, 0.4) is 0 Å². The largest absolute Gasteiger partial charge is 0.454 e. The van der Waals surface area contributed by atoms with Gasteiger partial charge >= 0.3 is 0 Å². The normalized spacial score (nSPS) is 14.6. The van der Waals surface area contributed by atoms with Crippen molar-refractivity contribution in [1.82, 2.24) is 20.1 Å². The molecule has 3 rings (SSSR count). The van der Waals surface area contributed by atoms with Crippen molar-refractivity contribution in [3.05, 3.63) is 54.1 Å². The van der Waals surface area contributed by atoms with Gasteiger partial charge in [0.1, 0.15) is 0 Å². The molecule has 2 amide bonds. The number of carbonyl (C=O) groups is 2. The van der Waals surface area contributed by atoms with Crippen molar-refractivity contribution in [3.63, 3.8) is 0 Å². The number of hydrazine groups is 1. The topological polar surface area (TPSA) is 138 Å². The van der Waals surface area contributed by atoms with Crippen molar-refractivity contribution in [2.75, 3.05) is 33.5 Å². The lowest BCUT2D eigenvalue weighted by Crippen LogP contribution is -2.60. The van der Waals surface area contributed by atoms with Crippen molar-refractivity contribution in [3.8, 4) is 11.5 Å². The van der Waals surface area contributed by atoms with E-state index in [1.165, 1.54) is 21.4 Å². The van der Waals surface area contributed by atoms with Gasteiger partial charge in [0.25, 0.3) is 5.91 Å². The van der Waals surface area contributed by atoms with Crippen LogP contribution in [0.25, 0.3) is 0 Å². The predicted octanol–water partition coefficient (Wildman–Crippen LogP) is 2.55. The average Bonchev–Trinajstić information content (AvgIpc) is 3.38. The predicted molar refractivity (Wildman–Crippen MR) is 159 cm³/mol. The van der Waals surface area contributed by atoms with Crippen LogP contribution in [0.4, 0.5) is 0 Å². The lowest BCUT2D eigenvalue weighted by atomic mass is 9.91. The maximum Gasteiger partial charge on any atom is 0.252 e. The smallest absolute Gasteiger partial charge is 0.252 e. The number of aliphatic hydroxyl groups excluding tert-OH is 1. The molecular formula is C30H44N4O7S. The molecular weight excluding hydrogens is 560 g/mol. The number of fused-ring (bicyclic) bond motifs is 1. The van der Waals surface area contributed by atoms with E-state index in [4.69, 9.17) is 9.47 Å². The molecule has 2 atom stereocenters. The van der Waals surface area contributed by atoms with Crippen LogP contribution in [0.5, 0.6) is 11.5 Å². The summed E-state index contributed by atoms with van der Waals surface area (Å²) in [7, 11) is -2.48. The van der Waals surface area contributed by atoms with Gasteiger partial charge in [0, 0.05) is 25.6 Å². The second-order valence-electron chi connectivity index (χ2n) is 12.1. The third kappa shape index (κ3) is 9.15. The van der Waals surface area contributed by atoms with Gasteiger partial charge in [-0.1, -0.05) is 65.0 Å². The molecule has 12 heteroatoms. The van der Waals surface area contributed by atoms with Crippen molar-refractivity contribution in [1.29, 1.82) is 0 Å². The molecule has 1 aliphatic heterocycles. The Labute approximate surface area is 249 Å². The Morgan fingerprint density at radius 2 is 1.69 bits per heavy atom. The minimum absolute atomic E-state index is 0.00203. The summed E-state index contributed by atoms with van der Waals surface area (Å²) in [5.41, 5.74) is 3.09. The first kappa shape index (κ1) is 33.3. The van der Waals surface area contributed by atoms with Crippen molar-refractivity contribution in [2.45, 2.75) is 64.5 Å². The number of ether oxygens (including phenoxy) is 2. The number of carbonyl (C=O) groups excluding carboxylic acids is 2. The van der Waals surface area contributed by atoms with Crippen molar-refractivity contribution in [2.24, 2.45) is 11.3 Å². The summed E-state index contributed by atoms with van der Waals surface area (Å²) in [5, 5.41) is 15.7. The zero-order valence-electron chi connectivity index (χ0n) is 25.3. The average molecular weight is 605 g/mol. The molecule has 2 aromatic carbocycles. The third-order valence-electron chi connectivity index (χ3n) is 6.54. The van der Waals surface area contributed by atoms with Gasteiger partial charge in [-0.2, -0.15) is 4.31 Å². The molecule has 0 fully saturated rings. The van der Waals surface area contributed by atoms with Gasteiger partial charge in [-0.05, 0) is 42.5 Å². The van der Waals surface area contributed by atoms with Crippen LogP contribution < -0.4 is 20.2 Å². The second-order valence-corrected chi connectivity index (χ2v) is 14.1. The minimum atomic E-state index is -4.09. The zero-order valence-corrected chi connectivity index (χ0v) is 26.1. The Kier molecular flexibility index (Phi) is 11.4. The first-order valence-electron chi connectivity index (χ1n) is 14.1. The van der Waals surface area contributed by atoms with Crippen LogP contribution in [0.2, 0.25) is 0 Å². The second kappa shape index (κ2) is 14.3. The van der Waals surface area contributed by atoms with Gasteiger partial charge < -0.3 is 19.9 Å². The number of hydrogen-bond donors (Lipinski definition) is 3. The fourth-order valence-corrected chi connectivity index (χ4v) is 6.29. The van der Waals surface area contributed by atoms with Crippen LogP contribution in [0.15, 0.2) is 53.4 Å². The maximum atomic E-state index is 13.9. The molecule has 0 spiro atoms. The molecule has 0 saturated heterocycles. The highest BCUT2D eigenvalue weighted by atomic mass is 32.2. The van der Waals surface area contributed by atoms with Gasteiger partial charge in [0.2, 0.25) is 22.7 Å². The Bertz CT molecular complexity index is 1310. The third-order valence-corrected chi connectivity index (χ3v) is 8.37. The Morgan fingerprint density at radius 3 is 2.31 bits per heavy atom. The van der Waals surface area contributed by atoms with E-state index in [2.05, 4.69) is 10.7 Å². The van der Waals surface area contributed by atoms with Crippen LogP contribution in [0, 0.1) is 11.3 Å². The molecule has 0 bridgehead atoms. The van der Waals surface area contributed by atoms with Gasteiger partial charge in [0.15, 0.2) is 11.5 Å². The highest BCUT2D eigenvalue weighted by Crippen LogP contribution is 2.35. The zero-order chi connectivity index (χ0) is 31.1. The molecule has 0 aromatic heterocycles. The standard InChI is InChI=1S/C30H44N4O7S/c1-21(2)18-33(42(38,39)23-12-13-26-27(15-23)41-20-40-26)19-25(35)24(14-22-10-8-7-9-11-22)34(32-28(36)17-31-6)29(37)16-30(3,4)5/h7-13,15,21,24-25,31,35H,14,16-20H2,1-6H3,(H,32,36)/t24-,25+/m0/s1. The SMILES string of the molecule is CNCC(=O)NN(C(=O)CC(C)(C)C)[C@@H](Cc1ccccc1)[C@H](O)CN(CC(C)C)S(=O)(=O)c1ccc2c(c1)OCO2. The molecule has 3 N–H and O–H groups in total. The highest BCUT2D eigenvalue weighted by molar-refractivity contribution is 7.89. The molecule has 0 saturated carbocycles. The Hall–Kier alpha value is -3.19. The summed E-state index contributed by atoms with van der Waals surface area (Å²) in [6.07, 6.45) is -1.08. The van der Waals surface area contributed by atoms with E-state index in [0.717, 1.165) is 5.56 Å². The van der Waals surface area contributed by atoms with E-state index < -0.39 is 33.5 Å². The van der Waals surface area contributed by atoms with E-state index in [-0.39, 0.29) is 56.0 Å². The fourth-order valence-electron chi connectivity index (χ4n) is 4.65. The molecule has 1 heterocycles. The minimum Gasteiger partial charge on any atom is -0.454 e. The molecule has 11 nitrogen and oxygen atoms in total. The van der Waals surface area contributed by atoms with Gasteiger partial charge in [-0.15, -0.1) is 0 Å². The quantitative estimate of drug-likeness (QED) is 0.297. The number of nitrogens with one attached hydrogen (secondary N) is 2. The van der Waals surface area contributed by atoms with Crippen molar-refractivity contribution < 1.29 is 32.6 Å². The number of hydrogen-bond acceptors (Lipinski definition) is 8. The molecule has 0 radical (unpaired) electrons. The summed E-state index contributed by atoms with van der Waals surface area (Å²) in [6, 6.07) is 12.7. The molecule has 2 aromatic rings. The van der Waals surface area contributed by atoms with E-state index in [1.54, 1.807) is 13.1 Å². The summed E-state index contributed by atoms with van der Waals surface area (Å²) in [4.78, 5) is 26.4. The Morgan fingerprint density at radius 1 is 1.02 bits per heavy atom. The monoisotopic (exact) mass is 604 g/mol. The number of likely N-dealkylation sites (N-methyl/N-ethyl adjacent to an activating group) is 1. The number of rotatable bonds is 13. The molecule has 0 aliphatic carbocycles. The number of amides is 2. The molecule has 232 valence electrons. The van der Waals surface area contributed by atoms with Crippen LogP contribution in [0.1, 0.15) is 46.6 Å². The summed E-state index contributed by atoms with van der Waals surface area (Å²) in [5.74, 6) is -0.132. The fraction of sp³-hybridized carbons (Fsp3) is 0.533. The summed E-state index contributed by atoms with van der Waals surface area (Å²) < 4.78 is 39.7. The van der Waals surface area contributed by atoms with Gasteiger partial charge in [-0.25, -0.2) is 13.4 Å². The van der Waals surface area contributed by atoms with Crippen LogP contribution in [-0.4, -0.2) is 80.3 Å². The van der Waals surface area contributed by atoms with Gasteiger partial charge in [-0.3, -0.25) is 15.0 Å². The lowest BCUT2D eigenvalue weighted by molar-refractivity contribution is -0.149. The van der Waals surface area contributed by atoms with E-state index in [0.29, 0.717) is 11.5 Å². The van der Waals surface area contributed by atoms with Crippen LogP contribution >= 0.6 is 0 Å². The Balaban J connectivity index is 2.01. The van der Waals surface area contributed by atoms with Crippen LogP contribution in [-0.2, 0) is 26.0 Å². The molecule has 0 unspecified atom stereocenters. The molecule has 1 aliphatic rings.